The Kier molecular flexibility index (Phi) is 4.22. The summed E-state index contributed by atoms with van der Waals surface area (Å²) in [6.45, 7) is 3.41. The van der Waals surface area contributed by atoms with Crippen LogP contribution in [0.25, 0.3) is 11.0 Å². The minimum atomic E-state index is -0.723. The molecule has 0 aliphatic rings. The molecule has 26 heavy (non-hydrogen) atoms. The average Bonchev–Trinajstić information content (AvgIpc) is 2.62. The summed E-state index contributed by atoms with van der Waals surface area (Å²) >= 11 is 0. The Bertz CT molecular complexity index is 1240. The minimum Gasteiger partial charge on any atom is -0.508 e. The van der Waals surface area contributed by atoms with Gasteiger partial charge in [0, 0.05) is 29.8 Å². The van der Waals surface area contributed by atoms with Crippen LogP contribution in [0.5, 0.6) is 5.75 Å². The number of phenols is 1. The van der Waals surface area contributed by atoms with Gasteiger partial charge in [-0.15, -0.1) is 0 Å². The molecule has 0 radical (unpaired) electrons. The van der Waals surface area contributed by atoms with E-state index in [1.54, 1.807) is 26.0 Å². The molecule has 8 nitrogen and oxygen atoms in total. The smallest absolute Gasteiger partial charge is 0.336 e. The van der Waals surface area contributed by atoms with Gasteiger partial charge < -0.3 is 9.52 Å². The molecule has 8 heteroatoms. The maximum atomic E-state index is 12.5. The molecule has 0 saturated heterocycles. The van der Waals surface area contributed by atoms with E-state index in [-0.39, 0.29) is 23.4 Å². The van der Waals surface area contributed by atoms with Crippen molar-refractivity contribution in [2.45, 2.75) is 26.9 Å². The third-order valence-electron chi connectivity index (χ3n) is 4.24. The lowest BCUT2D eigenvalue weighted by molar-refractivity contribution is 0.468. The van der Waals surface area contributed by atoms with Crippen LogP contribution in [0.2, 0.25) is 0 Å². The van der Waals surface area contributed by atoms with Crippen molar-refractivity contribution in [2.24, 2.45) is 0 Å². The molecule has 0 spiro atoms. The molecule has 0 atom stereocenters. The summed E-state index contributed by atoms with van der Waals surface area (Å²) in [7, 11) is 0. The predicted molar refractivity (Wildman–Crippen MR) is 93.3 cm³/mol. The van der Waals surface area contributed by atoms with Crippen molar-refractivity contribution in [2.75, 3.05) is 0 Å². The molecular weight excluding hydrogens is 338 g/mol. The normalized spacial score (nSPS) is 10.8. The van der Waals surface area contributed by atoms with E-state index in [9.17, 15) is 19.5 Å². The number of benzene rings is 1. The molecule has 132 valence electrons. The summed E-state index contributed by atoms with van der Waals surface area (Å²) in [6.07, 6.45) is 1.22. The average molecular weight is 353 g/mol. The molecule has 3 aromatic rings. The van der Waals surface area contributed by atoms with E-state index in [2.05, 4.69) is 0 Å². The summed E-state index contributed by atoms with van der Waals surface area (Å²) in [5.41, 5.74) is -1.17. The van der Waals surface area contributed by atoms with Crippen LogP contribution in [-0.4, -0.2) is 14.2 Å². The monoisotopic (exact) mass is 353 g/mol. The quantitative estimate of drug-likeness (QED) is 0.704. The highest BCUT2D eigenvalue weighted by atomic mass is 16.4. The van der Waals surface area contributed by atoms with Crippen molar-refractivity contribution in [1.82, 2.24) is 9.13 Å². The number of rotatable bonds is 3. The third kappa shape index (κ3) is 2.69. The van der Waals surface area contributed by atoms with Crippen LogP contribution in [0.1, 0.15) is 23.6 Å². The molecule has 0 fully saturated rings. The lowest BCUT2D eigenvalue weighted by Crippen LogP contribution is -2.41. The first kappa shape index (κ1) is 17.2. The Hall–Kier alpha value is -3.60. The van der Waals surface area contributed by atoms with Gasteiger partial charge in [0.25, 0.3) is 5.56 Å². The van der Waals surface area contributed by atoms with Gasteiger partial charge in [-0.2, -0.15) is 5.26 Å². The largest absolute Gasteiger partial charge is 0.508 e. The van der Waals surface area contributed by atoms with Crippen LogP contribution in [0.3, 0.4) is 0 Å². The highest BCUT2D eigenvalue weighted by molar-refractivity contribution is 5.84. The van der Waals surface area contributed by atoms with Crippen molar-refractivity contribution in [1.29, 1.82) is 5.26 Å². The van der Waals surface area contributed by atoms with Crippen LogP contribution in [0.4, 0.5) is 0 Å². The molecular formula is C18H15N3O5. The van der Waals surface area contributed by atoms with Crippen LogP contribution in [-0.2, 0) is 13.1 Å². The Morgan fingerprint density at radius 3 is 2.65 bits per heavy atom. The number of aryl methyl sites for hydroxylation is 2. The summed E-state index contributed by atoms with van der Waals surface area (Å²) in [5.74, 6) is -0.0326. The molecule has 3 rings (SSSR count). The van der Waals surface area contributed by atoms with Crippen molar-refractivity contribution >= 4 is 11.0 Å². The van der Waals surface area contributed by atoms with Gasteiger partial charge in [-0.1, -0.05) is 0 Å². The van der Waals surface area contributed by atoms with E-state index in [0.717, 1.165) is 4.57 Å². The highest BCUT2D eigenvalue weighted by Crippen LogP contribution is 2.27. The Balaban J connectivity index is 2.31. The fourth-order valence-corrected chi connectivity index (χ4v) is 2.81. The number of aromatic hydroxyl groups is 1. The van der Waals surface area contributed by atoms with E-state index in [0.29, 0.717) is 23.1 Å². The topological polar surface area (TPSA) is 118 Å². The Morgan fingerprint density at radius 1 is 1.27 bits per heavy atom. The van der Waals surface area contributed by atoms with Gasteiger partial charge in [0.2, 0.25) is 0 Å². The summed E-state index contributed by atoms with van der Waals surface area (Å²) < 4.78 is 7.33. The maximum absolute atomic E-state index is 12.5. The molecule has 0 bridgehead atoms. The van der Waals surface area contributed by atoms with E-state index in [1.807, 2.05) is 0 Å². The van der Waals surface area contributed by atoms with Gasteiger partial charge in [-0.25, -0.2) is 9.59 Å². The van der Waals surface area contributed by atoms with Crippen molar-refractivity contribution in [3.05, 3.63) is 72.3 Å². The molecule has 1 N–H and O–H groups in total. The third-order valence-corrected chi connectivity index (χ3v) is 4.24. The Morgan fingerprint density at radius 2 is 2.00 bits per heavy atom. The second kappa shape index (κ2) is 6.37. The zero-order valence-corrected chi connectivity index (χ0v) is 14.1. The van der Waals surface area contributed by atoms with Crippen molar-refractivity contribution in [3.63, 3.8) is 0 Å². The second-order valence-corrected chi connectivity index (χ2v) is 5.79. The number of hydrogen-bond acceptors (Lipinski definition) is 6. The highest BCUT2D eigenvalue weighted by Gasteiger charge is 2.15. The first-order valence-electron chi connectivity index (χ1n) is 7.87. The molecule has 1 aromatic carbocycles. The number of fused-ring (bicyclic) bond motifs is 1. The molecule has 2 aromatic heterocycles. The number of phenolic OH excluding ortho intramolecular Hbond substituents is 1. The van der Waals surface area contributed by atoms with E-state index in [1.165, 1.54) is 22.9 Å². The zero-order valence-electron chi connectivity index (χ0n) is 14.1. The van der Waals surface area contributed by atoms with Crippen molar-refractivity contribution in [3.8, 4) is 11.8 Å². The first-order valence-corrected chi connectivity index (χ1v) is 7.87. The second-order valence-electron chi connectivity index (χ2n) is 5.79. The SMILES string of the molecule is CCn1cc(C#N)c(=O)n(Cc2cc(=O)oc3c(C)c(O)ccc23)c1=O. The summed E-state index contributed by atoms with van der Waals surface area (Å²) in [5, 5.41) is 19.4. The maximum Gasteiger partial charge on any atom is 0.336 e. The number of hydrogen-bond donors (Lipinski definition) is 1. The standard InChI is InChI=1S/C18H15N3O5/c1-3-20-8-12(7-19)17(24)21(18(20)25)9-11-6-15(23)26-16-10(2)14(22)5-4-13(11)16/h4-6,8,22H,3,9H2,1-2H3. The lowest BCUT2D eigenvalue weighted by atomic mass is 10.1. The fourth-order valence-electron chi connectivity index (χ4n) is 2.81. The van der Waals surface area contributed by atoms with Gasteiger partial charge in [-0.3, -0.25) is 13.9 Å². The molecule has 0 aliphatic carbocycles. The minimum absolute atomic E-state index is 0.0326. The first-order chi connectivity index (χ1) is 12.4. The number of aromatic nitrogens is 2. The van der Waals surface area contributed by atoms with E-state index in [4.69, 9.17) is 9.68 Å². The van der Waals surface area contributed by atoms with Gasteiger partial charge in [0.15, 0.2) is 0 Å². The molecule has 0 amide bonds. The predicted octanol–water partition coefficient (Wildman–Crippen LogP) is 1.07. The summed E-state index contributed by atoms with van der Waals surface area (Å²) in [4.78, 5) is 36.8. The summed E-state index contributed by atoms with van der Waals surface area (Å²) in [6, 6.07) is 5.97. The Labute approximate surface area is 146 Å². The molecule has 0 aliphatic heterocycles. The molecule has 0 saturated carbocycles. The van der Waals surface area contributed by atoms with Gasteiger partial charge in [0.05, 0.1) is 6.54 Å². The van der Waals surface area contributed by atoms with E-state index < -0.39 is 16.9 Å². The number of nitrogens with zero attached hydrogens (tertiary/aromatic N) is 3. The van der Waals surface area contributed by atoms with Gasteiger partial charge >= 0.3 is 11.3 Å². The van der Waals surface area contributed by atoms with Crippen LogP contribution in [0.15, 0.2) is 43.2 Å². The van der Waals surface area contributed by atoms with Crippen molar-refractivity contribution < 1.29 is 9.52 Å². The van der Waals surface area contributed by atoms with Crippen LogP contribution in [0, 0.1) is 18.3 Å². The lowest BCUT2D eigenvalue weighted by Gasteiger charge is -2.11. The van der Waals surface area contributed by atoms with E-state index >= 15 is 0 Å². The van der Waals surface area contributed by atoms with Crippen LogP contribution >= 0.6 is 0 Å². The van der Waals surface area contributed by atoms with Gasteiger partial charge in [0.1, 0.15) is 23.0 Å². The van der Waals surface area contributed by atoms with Gasteiger partial charge in [-0.05, 0) is 31.5 Å². The molecule has 0 unspecified atom stereocenters. The number of nitriles is 1. The molecule has 2 heterocycles. The van der Waals surface area contributed by atoms with Crippen LogP contribution < -0.4 is 16.9 Å². The fraction of sp³-hybridized carbons (Fsp3) is 0.222. The zero-order chi connectivity index (χ0) is 19.0.